The summed E-state index contributed by atoms with van der Waals surface area (Å²) in [6.07, 6.45) is 6.32. The van der Waals surface area contributed by atoms with Gasteiger partial charge in [-0.15, -0.1) is 0 Å². The van der Waals surface area contributed by atoms with E-state index in [4.69, 9.17) is 10.5 Å². The molecule has 1 aliphatic carbocycles. The lowest BCUT2D eigenvalue weighted by molar-refractivity contribution is 0.0764. The lowest BCUT2D eigenvalue weighted by Crippen LogP contribution is -2.38. The molecule has 0 aromatic rings. The summed E-state index contributed by atoms with van der Waals surface area (Å²) >= 11 is 0. The van der Waals surface area contributed by atoms with Gasteiger partial charge in [-0.2, -0.15) is 0 Å². The number of rotatable bonds is 6. The van der Waals surface area contributed by atoms with E-state index in [2.05, 4.69) is 19.2 Å². The molecule has 0 aromatic carbocycles. The van der Waals surface area contributed by atoms with Gasteiger partial charge >= 0.3 is 0 Å². The van der Waals surface area contributed by atoms with E-state index in [1.807, 2.05) is 0 Å². The van der Waals surface area contributed by atoms with Crippen LogP contribution >= 0.6 is 0 Å². The predicted octanol–water partition coefficient (Wildman–Crippen LogP) is 1.66. The Hall–Kier alpha value is -0.120. The van der Waals surface area contributed by atoms with Gasteiger partial charge in [0.15, 0.2) is 0 Å². The third-order valence-electron chi connectivity index (χ3n) is 2.98. The fourth-order valence-electron chi connectivity index (χ4n) is 2.02. The molecule has 90 valence electrons. The molecule has 3 N–H and O–H groups in total. The number of nitrogens with one attached hydrogen (secondary N) is 1. The zero-order valence-electron chi connectivity index (χ0n) is 10.2. The van der Waals surface area contributed by atoms with Gasteiger partial charge in [0.25, 0.3) is 0 Å². The minimum absolute atomic E-state index is 0.359. The van der Waals surface area contributed by atoms with Gasteiger partial charge in [0, 0.05) is 18.7 Å². The van der Waals surface area contributed by atoms with Crippen LogP contribution in [0.25, 0.3) is 0 Å². The maximum atomic E-state index is 5.86. The summed E-state index contributed by atoms with van der Waals surface area (Å²) in [5, 5.41) is 3.58. The Morgan fingerprint density at radius 1 is 1.27 bits per heavy atom. The molecule has 0 amide bonds. The standard InChI is InChI=1S/C12H26N2O/c1-10(2)15-9-3-8-14-12-6-4-11(13)5-7-12/h10-12,14H,3-9,13H2,1-2H3. The van der Waals surface area contributed by atoms with Crippen molar-refractivity contribution in [3.63, 3.8) is 0 Å². The van der Waals surface area contributed by atoms with Crippen LogP contribution in [0, 0.1) is 0 Å². The van der Waals surface area contributed by atoms with Gasteiger partial charge in [0.1, 0.15) is 0 Å². The van der Waals surface area contributed by atoms with Crippen LogP contribution in [0.15, 0.2) is 0 Å². The van der Waals surface area contributed by atoms with Crippen molar-refractivity contribution < 1.29 is 4.74 Å². The van der Waals surface area contributed by atoms with Crippen LogP contribution < -0.4 is 11.1 Å². The molecule has 0 aliphatic heterocycles. The Labute approximate surface area is 93.8 Å². The van der Waals surface area contributed by atoms with E-state index in [1.54, 1.807) is 0 Å². The lowest BCUT2D eigenvalue weighted by Gasteiger charge is -2.26. The smallest absolute Gasteiger partial charge is 0.0518 e. The summed E-state index contributed by atoms with van der Waals surface area (Å²) in [5.74, 6) is 0. The normalized spacial score (nSPS) is 27.2. The Morgan fingerprint density at radius 2 is 1.93 bits per heavy atom. The molecule has 0 heterocycles. The van der Waals surface area contributed by atoms with Crippen molar-refractivity contribution in [2.75, 3.05) is 13.2 Å². The summed E-state index contributed by atoms with van der Waals surface area (Å²) in [7, 11) is 0. The highest BCUT2D eigenvalue weighted by Crippen LogP contribution is 2.16. The van der Waals surface area contributed by atoms with Crippen molar-refractivity contribution in [2.45, 2.75) is 64.1 Å². The van der Waals surface area contributed by atoms with Gasteiger partial charge in [0.2, 0.25) is 0 Å². The van der Waals surface area contributed by atoms with Gasteiger partial charge in [0.05, 0.1) is 6.10 Å². The minimum Gasteiger partial charge on any atom is -0.379 e. The van der Waals surface area contributed by atoms with Gasteiger partial charge in [-0.25, -0.2) is 0 Å². The largest absolute Gasteiger partial charge is 0.379 e. The van der Waals surface area contributed by atoms with E-state index in [0.29, 0.717) is 18.2 Å². The molecule has 0 saturated heterocycles. The highest BCUT2D eigenvalue weighted by atomic mass is 16.5. The molecule has 3 nitrogen and oxygen atoms in total. The second-order valence-corrected chi connectivity index (χ2v) is 4.84. The van der Waals surface area contributed by atoms with E-state index in [9.17, 15) is 0 Å². The molecule has 1 saturated carbocycles. The first-order valence-corrected chi connectivity index (χ1v) is 6.29. The first-order valence-electron chi connectivity index (χ1n) is 6.29. The molecule has 1 rings (SSSR count). The summed E-state index contributed by atoms with van der Waals surface area (Å²) in [4.78, 5) is 0. The average Bonchev–Trinajstić information content (AvgIpc) is 2.20. The molecule has 0 unspecified atom stereocenters. The maximum Gasteiger partial charge on any atom is 0.0518 e. The van der Waals surface area contributed by atoms with Crippen LogP contribution in [0.5, 0.6) is 0 Å². The highest BCUT2D eigenvalue weighted by Gasteiger charge is 2.17. The summed E-state index contributed by atoms with van der Waals surface area (Å²) in [6.45, 7) is 6.11. The van der Waals surface area contributed by atoms with Crippen LogP contribution in [0.3, 0.4) is 0 Å². The third-order valence-corrected chi connectivity index (χ3v) is 2.98. The van der Waals surface area contributed by atoms with Crippen molar-refractivity contribution in [3.8, 4) is 0 Å². The molecular weight excluding hydrogens is 188 g/mol. The molecule has 0 bridgehead atoms. The van der Waals surface area contributed by atoms with Crippen molar-refractivity contribution in [3.05, 3.63) is 0 Å². The average molecular weight is 214 g/mol. The van der Waals surface area contributed by atoms with Crippen molar-refractivity contribution in [1.82, 2.24) is 5.32 Å². The van der Waals surface area contributed by atoms with E-state index in [0.717, 1.165) is 19.6 Å². The van der Waals surface area contributed by atoms with Crippen molar-refractivity contribution in [1.29, 1.82) is 0 Å². The van der Waals surface area contributed by atoms with Crippen LogP contribution in [0.2, 0.25) is 0 Å². The lowest BCUT2D eigenvalue weighted by atomic mass is 9.92. The number of nitrogens with two attached hydrogens (primary N) is 1. The molecule has 0 spiro atoms. The maximum absolute atomic E-state index is 5.86. The van der Waals surface area contributed by atoms with E-state index < -0.39 is 0 Å². The molecule has 1 fully saturated rings. The topological polar surface area (TPSA) is 47.3 Å². The second kappa shape index (κ2) is 7.20. The molecular formula is C12H26N2O. The quantitative estimate of drug-likeness (QED) is 0.661. The van der Waals surface area contributed by atoms with Gasteiger partial charge < -0.3 is 15.8 Å². The van der Waals surface area contributed by atoms with Crippen LogP contribution in [0.4, 0.5) is 0 Å². The molecule has 15 heavy (non-hydrogen) atoms. The fraction of sp³-hybridized carbons (Fsp3) is 1.00. The molecule has 0 radical (unpaired) electrons. The Balaban J connectivity index is 1.91. The van der Waals surface area contributed by atoms with E-state index in [-0.39, 0.29) is 0 Å². The molecule has 3 heteroatoms. The number of hydrogen-bond donors (Lipinski definition) is 2. The number of hydrogen-bond acceptors (Lipinski definition) is 3. The fourth-order valence-corrected chi connectivity index (χ4v) is 2.02. The molecule has 1 aliphatic rings. The van der Waals surface area contributed by atoms with E-state index >= 15 is 0 Å². The minimum atomic E-state index is 0.359. The van der Waals surface area contributed by atoms with Crippen LogP contribution in [-0.4, -0.2) is 31.3 Å². The van der Waals surface area contributed by atoms with Gasteiger partial charge in [-0.3, -0.25) is 0 Å². The van der Waals surface area contributed by atoms with Gasteiger partial charge in [-0.05, 0) is 52.5 Å². The zero-order valence-corrected chi connectivity index (χ0v) is 10.2. The first-order chi connectivity index (χ1) is 7.18. The SMILES string of the molecule is CC(C)OCCCNC1CCC(N)CC1. The second-order valence-electron chi connectivity index (χ2n) is 4.84. The summed E-state index contributed by atoms with van der Waals surface area (Å²) in [5.41, 5.74) is 5.86. The first kappa shape index (κ1) is 12.9. The van der Waals surface area contributed by atoms with Crippen molar-refractivity contribution in [2.24, 2.45) is 5.73 Å². The van der Waals surface area contributed by atoms with Gasteiger partial charge in [-0.1, -0.05) is 0 Å². The Kier molecular flexibility index (Phi) is 6.22. The molecule has 0 atom stereocenters. The monoisotopic (exact) mass is 214 g/mol. The third kappa shape index (κ3) is 6.13. The Bertz CT molecular complexity index is 154. The zero-order chi connectivity index (χ0) is 11.1. The van der Waals surface area contributed by atoms with Crippen LogP contribution in [-0.2, 0) is 4.74 Å². The predicted molar refractivity (Wildman–Crippen MR) is 63.9 cm³/mol. The molecule has 0 aromatic heterocycles. The highest BCUT2D eigenvalue weighted by molar-refractivity contribution is 4.78. The summed E-state index contributed by atoms with van der Waals surface area (Å²) < 4.78 is 5.49. The van der Waals surface area contributed by atoms with Crippen molar-refractivity contribution >= 4 is 0 Å². The van der Waals surface area contributed by atoms with Crippen LogP contribution in [0.1, 0.15) is 46.0 Å². The summed E-state index contributed by atoms with van der Waals surface area (Å²) in [6, 6.07) is 1.15. The number of ether oxygens (including phenoxy) is 1. The Morgan fingerprint density at radius 3 is 2.53 bits per heavy atom. The van der Waals surface area contributed by atoms with E-state index in [1.165, 1.54) is 25.7 Å².